The Kier molecular flexibility index (Phi) is 9.89. The molecule has 1 heterocycles. The van der Waals surface area contributed by atoms with Crippen LogP contribution in [0.1, 0.15) is 61.5 Å². The zero-order chi connectivity index (χ0) is 29.3. The minimum atomic E-state index is -3.75. The van der Waals surface area contributed by atoms with Gasteiger partial charge in [0.25, 0.3) is 0 Å². The van der Waals surface area contributed by atoms with E-state index in [4.69, 9.17) is 9.47 Å². The van der Waals surface area contributed by atoms with Crippen LogP contribution in [0, 0.1) is 11.6 Å². The maximum Gasteiger partial charge on any atom is 0.221 e. The van der Waals surface area contributed by atoms with E-state index in [2.05, 4.69) is 42.2 Å². The number of halogens is 3. The summed E-state index contributed by atoms with van der Waals surface area (Å²) in [4.78, 5) is 0. The molecule has 0 amide bonds. The first-order valence-corrected chi connectivity index (χ1v) is 20.8. The third kappa shape index (κ3) is 6.99. The monoisotopic (exact) mass is 705 g/mol. The zero-order valence-corrected chi connectivity index (χ0v) is 28.2. The molecular formula is C30H42F2INO4SSi. The van der Waals surface area contributed by atoms with Crippen molar-refractivity contribution in [2.75, 3.05) is 17.8 Å². The van der Waals surface area contributed by atoms with Crippen molar-refractivity contribution in [1.29, 1.82) is 0 Å². The van der Waals surface area contributed by atoms with Gasteiger partial charge < -0.3 is 9.47 Å². The van der Waals surface area contributed by atoms with Crippen molar-refractivity contribution < 1.29 is 26.7 Å². The molecule has 2 atom stereocenters. The number of sulfonamides is 1. The summed E-state index contributed by atoms with van der Waals surface area (Å²) in [6.45, 7) is 11.4. The van der Waals surface area contributed by atoms with E-state index in [1.54, 1.807) is 0 Å². The van der Waals surface area contributed by atoms with Gasteiger partial charge in [0.2, 0.25) is 10.0 Å². The Bertz CT molecular complexity index is 1280. The van der Waals surface area contributed by atoms with Crippen LogP contribution in [0.3, 0.4) is 0 Å². The maximum absolute atomic E-state index is 15.6. The molecule has 0 aromatic heterocycles. The van der Waals surface area contributed by atoms with Crippen LogP contribution in [0.2, 0.25) is 25.7 Å². The van der Waals surface area contributed by atoms with Crippen molar-refractivity contribution in [1.82, 2.24) is 4.31 Å². The molecule has 0 N–H and O–H groups in total. The van der Waals surface area contributed by atoms with Gasteiger partial charge >= 0.3 is 0 Å². The SMILES string of the molecule is C[C@H]1CC[C@H](c2ccccc2)S(=O)(=O)N1Cc1cc(F)c(C2(CI)CC(C)(OCOCC[Si](C)(C)C)C2)cc1F. The van der Waals surface area contributed by atoms with Crippen molar-refractivity contribution in [2.45, 2.75) is 94.1 Å². The number of rotatable bonds is 11. The first kappa shape index (κ1) is 32.0. The van der Waals surface area contributed by atoms with Crippen LogP contribution >= 0.6 is 22.6 Å². The maximum atomic E-state index is 15.6. The summed E-state index contributed by atoms with van der Waals surface area (Å²) in [6, 6.07) is 12.4. The van der Waals surface area contributed by atoms with Crippen LogP contribution in [0.15, 0.2) is 42.5 Å². The van der Waals surface area contributed by atoms with Gasteiger partial charge in [-0.15, -0.1) is 0 Å². The third-order valence-electron chi connectivity index (χ3n) is 8.40. The van der Waals surface area contributed by atoms with Crippen molar-refractivity contribution in [2.24, 2.45) is 0 Å². The lowest BCUT2D eigenvalue weighted by Crippen LogP contribution is -2.56. The molecule has 4 rings (SSSR count). The van der Waals surface area contributed by atoms with E-state index in [-0.39, 0.29) is 24.9 Å². The van der Waals surface area contributed by atoms with Gasteiger partial charge in [0, 0.05) is 42.7 Å². The second-order valence-electron chi connectivity index (χ2n) is 13.0. The molecule has 10 heteroatoms. The zero-order valence-electron chi connectivity index (χ0n) is 24.2. The van der Waals surface area contributed by atoms with E-state index in [1.165, 1.54) is 16.4 Å². The normalized spacial score (nSPS) is 28.8. The molecule has 1 aliphatic carbocycles. The van der Waals surface area contributed by atoms with Gasteiger partial charge in [0.05, 0.1) is 5.60 Å². The van der Waals surface area contributed by atoms with Gasteiger partial charge in [-0.05, 0) is 68.8 Å². The molecule has 2 aromatic rings. The first-order chi connectivity index (χ1) is 18.7. The standard InChI is InChI=1S/C30H42F2INO4SSi/c1-22-11-12-28(23-9-7-6-8-10-23)39(35,36)34(22)17-24-15-27(32)25(16-26(24)31)30(20-33)18-29(2,19-30)38-21-37-13-14-40(3,4)5/h6-10,15-16,22,28H,11-14,17-21H2,1-5H3/t22-,28+,29?,30?/m0/s1. The van der Waals surface area contributed by atoms with Crippen molar-refractivity contribution in [3.63, 3.8) is 0 Å². The summed E-state index contributed by atoms with van der Waals surface area (Å²) in [5.74, 6) is -1.07. The smallest absolute Gasteiger partial charge is 0.221 e. The number of hydrogen-bond donors (Lipinski definition) is 0. The van der Waals surface area contributed by atoms with Crippen molar-refractivity contribution >= 4 is 40.7 Å². The highest BCUT2D eigenvalue weighted by atomic mass is 127. The average Bonchev–Trinajstić information content (AvgIpc) is 2.86. The number of nitrogens with zero attached hydrogens (tertiary/aromatic N) is 1. The minimum absolute atomic E-state index is 0.0585. The molecule has 2 aliphatic rings. The van der Waals surface area contributed by atoms with Crippen LogP contribution in [-0.4, -0.2) is 50.3 Å². The molecule has 40 heavy (non-hydrogen) atoms. The number of hydrogen-bond acceptors (Lipinski definition) is 4. The number of ether oxygens (including phenoxy) is 2. The van der Waals surface area contributed by atoms with Gasteiger partial charge in [-0.25, -0.2) is 17.2 Å². The lowest BCUT2D eigenvalue weighted by atomic mass is 9.57. The Hall–Kier alpha value is -0.923. The van der Waals surface area contributed by atoms with E-state index < -0.39 is 46.0 Å². The lowest BCUT2D eigenvalue weighted by Gasteiger charge is -2.54. The van der Waals surface area contributed by atoms with Gasteiger partial charge in [0.1, 0.15) is 23.7 Å². The Morgan fingerprint density at radius 1 is 1.07 bits per heavy atom. The Morgan fingerprint density at radius 3 is 2.38 bits per heavy atom. The van der Waals surface area contributed by atoms with Gasteiger partial charge in [-0.2, -0.15) is 4.31 Å². The predicted octanol–water partition coefficient (Wildman–Crippen LogP) is 7.57. The molecule has 1 aliphatic heterocycles. The minimum Gasteiger partial charge on any atom is -0.356 e. The Morgan fingerprint density at radius 2 is 1.75 bits per heavy atom. The second kappa shape index (κ2) is 12.4. The van der Waals surface area contributed by atoms with Gasteiger partial charge in [0.15, 0.2) is 0 Å². The fourth-order valence-corrected chi connectivity index (χ4v) is 9.99. The first-order valence-electron chi connectivity index (χ1n) is 14.0. The molecule has 2 fully saturated rings. The summed E-state index contributed by atoms with van der Waals surface area (Å²) in [5, 5.41) is -0.688. The Labute approximate surface area is 253 Å². The molecule has 5 nitrogen and oxygen atoms in total. The molecule has 0 unspecified atom stereocenters. The van der Waals surface area contributed by atoms with E-state index in [9.17, 15) is 8.42 Å². The van der Waals surface area contributed by atoms with E-state index in [1.807, 2.05) is 44.2 Å². The number of benzene rings is 2. The van der Waals surface area contributed by atoms with Crippen molar-refractivity contribution in [3.05, 3.63) is 70.8 Å². The fraction of sp³-hybridized carbons (Fsp3) is 0.600. The molecule has 0 radical (unpaired) electrons. The summed E-state index contributed by atoms with van der Waals surface area (Å²) in [5.41, 5.74) is 0.112. The molecule has 0 bridgehead atoms. The molecule has 0 spiro atoms. The topological polar surface area (TPSA) is 55.8 Å². The summed E-state index contributed by atoms with van der Waals surface area (Å²) in [7, 11) is -4.93. The Balaban J connectivity index is 1.47. The summed E-state index contributed by atoms with van der Waals surface area (Å²) in [6.07, 6.45) is 2.28. The molecule has 1 saturated carbocycles. The van der Waals surface area contributed by atoms with E-state index in [0.29, 0.717) is 42.3 Å². The van der Waals surface area contributed by atoms with Crippen LogP contribution in [0.5, 0.6) is 0 Å². The summed E-state index contributed by atoms with van der Waals surface area (Å²) < 4.78 is 72.1. The van der Waals surface area contributed by atoms with E-state index >= 15 is 8.78 Å². The highest BCUT2D eigenvalue weighted by Gasteiger charge is 2.54. The molecular weight excluding hydrogens is 663 g/mol. The van der Waals surface area contributed by atoms with Gasteiger partial charge in [-0.3, -0.25) is 0 Å². The lowest BCUT2D eigenvalue weighted by molar-refractivity contribution is -0.185. The second-order valence-corrected chi connectivity index (χ2v) is 21.5. The van der Waals surface area contributed by atoms with Crippen molar-refractivity contribution in [3.8, 4) is 0 Å². The quantitative estimate of drug-likeness (QED) is 0.0796. The largest absolute Gasteiger partial charge is 0.356 e. The molecule has 1 saturated heterocycles. The van der Waals surface area contributed by atoms with Crippen LogP contribution < -0.4 is 0 Å². The number of alkyl halides is 1. The highest BCUT2D eigenvalue weighted by molar-refractivity contribution is 14.1. The van der Waals surface area contributed by atoms with Crippen LogP contribution in [-0.2, 0) is 31.5 Å². The predicted molar refractivity (Wildman–Crippen MR) is 167 cm³/mol. The van der Waals surface area contributed by atoms with Crippen LogP contribution in [0.4, 0.5) is 8.78 Å². The third-order valence-corrected chi connectivity index (χ3v) is 13.9. The summed E-state index contributed by atoms with van der Waals surface area (Å²) >= 11 is 2.23. The fourth-order valence-electron chi connectivity index (χ4n) is 6.10. The van der Waals surface area contributed by atoms with Gasteiger partial charge in [-0.1, -0.05) is 72.6 Å². The van der Waals surface area contributed by atoms with Crippen LogP contribution in [0.25, 0.3) is 0 Å². The highest BCUT2D eigenvalue weighted by Crippen LogP contribution is 2.54. The average molecular weight is 706 g/mol. The van der Waals surface area contributed by atoms with E-state index in [0.717, 1.165) is 11.6 Å². The molecule has 222 valence electrons. The molecule has 2 aromatic carbocycles.